The highest BCUT2D eigenvalue weighted by molar-refractivity contribution is 5.71. The fourth-order valence-electron chi connectivity index (χ4n) is 0.154. The molecular formula is C4H6NO3. The van der Waals surface area contributed by atoms with E-state index in [9.17, 15) is 4.79 Å². The van der Waals surface area contributed by atoms with Crippen LogP contribution in [0.3, 0.4) is 0 Å². The highest BCUT2D eigenvalue weighted by atomic mass is 16.7. The molecule has 45 valence electrons. The number of hydrogen-bond donors (Lipinski definition) is 1. The van der Waals surface area contributed by atoms with Crippen LogP contribution in [0.1, 0.15) is 0 Å². The van der Waals surface area contributed by atoms with Crippen LogP contribution < -0.4 is 5.73 Å². The molecule has 3 radical (unpaired) electrons. The van der Waals surface area contributed by atoms with Crippen LogP contribution in [0, 0.1) is 7.11 Å². The van der Waals surface area contributed by atoms with Crippen LogP contribution in [0.5, 0.6) is 0 Å². The molecule has 0 saturated carbocycles. The zero-order valence-electron chi connectivity index (χ0n) is 4.22. The fourth-order valence-corrected chi connectivity index (χ4v) is 0.154. The van der Waals surface area contributed by atoms with E-state index in [2.05, 4.69) is 9.47 Å². The van der Waals surface area contributed by atoms with Gasteiger partial charge in [-0.2, -0.15) is 0 Å². The number of esters is 1. The molecule has 0 bridgehead atoms. The third-order valence-corrected chi connectivity index (χ3v) is 0.446. The predicted octanol–water partition coefficient (Wildman–Crippen LogP) is -0.992. The van der Waals surface area contributed by atoms with Crippen molar-refractivity contribution in [3.63, 3.8) is 0 Å². The highest BCUT2D eigenvalue weighted by Gasteiger charge is 1.94. The Labute approximate surface area is 47.6 Å². The summed E-state index contributed by atoms with van der Waals surface area (Å²) in [6, 6.07) is 0. The van der Waals surface area contributed by atoms with E-state index in [1.165, 1.54) is 0 Å². The van der Waals surface area contributed by atoms with Crippen molar-refractivity contribution in [1.29, 1.82) is 0 Å². The standard InChI is InChI=1S/C4H6NO3/c1-7-3-8-4(6)2-5/h2-3,5H2. The molecule has 0 rings (SSSR count). The molecule has 0 aliphatic carbocycles. The van der Waals surface area contributed by atoms with Crippen LogP contribution in [-0.2, 0) is 14.3 Å². The van der Waals surface area contributed by atoms with Gasteiger partial charge in [-0.25, -0.2) is 0 Å². The molecule has 0 aliphatic rings. The first-order valence-electron chi connectivity index (χ1n) is 1.95. The van der Waals surface area contributed by atoms with Crippen molar-refractivity contribution in [3.8, 4) is 0 Å². The molecule has 4 heteroatoms. The van der Waals surface area contributed by atoms with E-state index in [1.54, 1.807) is 0 Å². The Balaban J connectivity index is 2.99. The largest absolute Gasteiger partial charge is 0.437 e. The third-order valence-electron chi connectivity index (χ3n) is 0.446. The van der Waals surface area contributed by atoms with Gasteiger partial charge in [0.1, 0.15) is 0 Å². The summed E-state index contributed by atoms with van der Waals surface area (Å²) in [6.45, 7) is -0.528. The summed E-state index contributed by atoms with van der Waals surface area (Å²) in [5, 5.41) is 0. The molecule has 2 N–H and O–H groups in total. The van der Waals surface area contributed by atoms with Gasteiger partial charge in [-0.05, 0) is 0 Å². The average Bonchev–Trinajstić information content (AvgIpc) is 1.83. The Morgan fingerprint density at radius 3 is 2.75 bits per heavy atom. The minimum atomic E-state index is -0.572. The van der Waals surface area contributed by atoms with Crippen molar-refractivity contribution >= 4 is 5.97 Å². The zero-order valence-corrected chi connectivity index (χ0v) is 4.22. The average molecular weight is 116 g/mol. The summed E-state index contributed by atoms with van der Waals surface area (Å²) < 4.78 is 7.83. The van der Waals surface area contributed by atoms with Gasteiger partial charge < -0.3 is 15.2 Å². The smallest absolute Gasteiger partial charge is 0.321 e. The van der Waals surface area contributed by atoms with E-state index < -0.39 is 5.97 Å². The SMILES string of the molecule is [C]OCOC(=O)CN. The summed E-state index contributed by atoms with van der Waals surface area (Å²) in [4.78, 5) is 10.1. The van der Waals surface area contributed by atoms with E-state index in [0.29, 0.717) is 0 Å². The second-order valence-electron chi connectivity index (χ2n) is 0.983. The van der Waals surface area contributed by atoms with E-state index in [1.807, 2.05) is 0 Å². The minimum absolute atomic E-state index is 0.177. The molecule has 0 aromatic rings. The molecule has 0 spiro atoms. The highest BCUT2D eigenvalue weighted by Crippen LogP contribution is 1.74. The van der Waals surface area contributed by atoms with Gasteiger partial charge in [0.25, 0.3) is 0 Å². The van der Waals surface area contributed by atoms with E-state index in [4.69, 9.17) is 12.8 Å². The Kier molecular flexibility index (Phi) is 4.20. The second-order valence-corrected chi connectivity index (χ2v) is 0.983. The Morgan fingerprint density at radius 2 is 2.38 bits per heavy atom. The van der Waals surface area contributed by atoms with Crippen LogP contribution in [0.25, 0.3) is 0 Å². The second kappa shape index (κ2) is 4.55. The first-order valence-corrected chi connectivity index (χ1v) is 1.95. The van der Waals surface area contributed by atoms with Crippen LogP contribution in [-0.4, -0.2) is 19.3 Å². The van der Waals surface area contributed by atoms with Crippen LogP contribution in [0.15, 0.2) is 0 Å². The van der Waals surface area contributed by atoms with Gasteiger partial charge in [0.05, 0.1) is 6.54 Å². The molecular weight excluding hydrogens is 110 g/mol. The van der Waals surface area contributed by atoms with Gasteiger partial charge in [-0.1, -0.05) is 0 Å². The van der Waals surface area contributed by atoms with Crippen LogP contribution in [0.4, 0.5) is 0 Å². The molecule has 0 aromatic carbocycles. The lowest BCUT2D eigenvalue weighted by molar-refractivity contribution is -0.150. The maximum atomic E-state index is 10.1. The molecule has 8 heavy (non-hydrogen) atoms. The summed E-state index contributed by atoms with van der Waals surface area (Å²) >= 11 is 0. The first kappa shape index (κ1) is 7.39. The zero-order chi connectivity index (χ0) is 6.41. The molecule has 0 aliphatic heterocycles. The van der Waals surface area contributed by atoms with Gasteiger partial charge >= 0.3 is 5.97 Å². The van der Waals surface area contributed by atoms with E-state index >= 15 is 0 Å². The molecule has 0 atom stereocenters. The topological polar surface area (TPSA) is 61.5 Å². The summed E-state index contributed by atoms with van der Waals surface area (Å²) in [5.41, 5.74) is 4.82. The van der Waals surface area contributed by atoms with Crippen molar-refractivity contribution < 1.29 is 14.3 Å². The van der Waals surface area contributed by atoms with Crippen molar-refractivity contribution in [2.75, 3.05) is 13.3 Å². The lowest BCUT2D eigenvalue weighted by atomic mass is 10.7. The van der Waals surface area contributed by atoms with Gasteiger partial charge in [-0.3, -0.25) is 4.79 Å². The minimum Gasteiger partial charge on any atom is -0.437 e. The maximum Gasteiger partial charge on any atom is 0.321 e. The fraction of sp³-hybridized carbons (Fsp3) is 0.500. The van der Waals surface area contributed by atoms with Crippen molar-refractivity contribution in [2.24, 2.45) is 5.73 Å². The van der Waals surface area contributed by atoms with Gasteiger partial charge in [0.2, 0.25) is 0 Å². The number of hydrogen-bond acceptors (Lipinski definition) is 4. The van der Waals surface area contributed by atoms with Gasteiger partial charge in [0, 0.05) is 0 Å². The van der Waals surface area contributed by atoms with Crippen LogP contribution in [0.2, 0.25) is 0 Å². The molecule has 0 aromatic heterocycles. The lowest BCUT2D eigenvalue weighted by Crippen LogP contribution is -2.17. The predicted molar refractivity (Wildman–Crippen MR) is 24.3 cm³/mol. The van der Waals surface area contributed by atoms with E-state index in [0.717, 1.165) is 0 Å². The lowest BCUT2D eigenvalue weighted by Gasteiger charge is -1.97. The van der Waals surface area contributed by atoms with Crippen molar-refractivity contribution in [3.05, 3.63) is 7.11 Å². The quantitative estimate of drug-likeness (QED) is 0.380. The van der Waals surface area contributed by atoms with Gasteiger partial charge in [0.15, 0.2) is 13.9 Å². The molecule has 0 saturated heterocycles. The molecule has 0 amide bonds. The first-order chi connectivity index (χ1) is 3.81. The number of carbonyl (C=O) groups is 1. The maximum absolute atomic E-state index is 10.1. The molecule has 0 fully saturated rings. The summed E-state index contributed by atoms with van der Waals surface area (Å²) in [5.74, 6) is -0.572. The van der Waals surface area contributed by atoms with Crippen molar-refractivity contribution in [2.45, 2.75) is 0 Å². The Bertz CT molecular complexity index is 73.7. The van der Waals surface area contributed by atoms with Crippen LogP contribution >= 0.6 is 0 Å². The molecule has 4 nitrogen and oxygen atoms in total. The number of carbonyl (C=O) groups excluding carboxylic acids is 1. The van der Waals surface area contributed by atoms with Crippen molar-refractivity contribution in [1.82, 2.24) is 0 Å². The normalized spacial score (nSPS) is 8.75. The number of nitrogens with two attached hydrogens (primary N) is 1. The summed E-state index contributed by atoms with van der Waals surface area (Å²) in [7, 11) is 6.05. The number of ether oxygens (including phenoxy) is 2. The third kappa shape index (κ3) is 3.58. The van der Waals surface area contributed by atoms with E-state index in [-0.39, 0.29) is 13.3 Å². The monoisotopic (exact) mass is 116 g/mol. The number of rotatable bonds is 3. The summed E-state index contributed by atoms with van der Waals surface area (Å²) in [6.07, 6.45) is 0. The van der Waals surface area contributed by atoms with Gasteiger partial charge in [-0.15, -0.1) is 0 Å². The molecule has 0 heterocycles. The Hall–Kier alpha value is -0.610. The molecule has 0 unspecified atom stereocenters. The Morgan fingerprint density at radius 1 is 1.75 bits per heavy atom.